The second-order valence-electron chi connectivity index (χ2n) is 3.60. The van der Waals surface area contributed by atoms with E-state index in [1.807, 2.05) is 0 Å². The molecule has 0 aliphatic rings. The van der Waals surface area contributed by atoms with Crippen molar-refractivity contribution in [3.63, 3.8) is 0 Å². The number of alkyl halides is 2. The smallest absolute Gasteiger partial charge is 0.288 e. The average molecular weight is 269 g/mol. The van der Waals surface area contributed by atoms with Gasteiger partial charge in [0.25, 0.3) is 5.76 Å². The van der Waals surface area contributed by atoms with E-state index in [9.17, 15) is 13.2 Å². The van der Waals surface area contributed by atoms with Gasteiger partial charge in [-0.05, 0) is 23.8 Å². The molecule has 0 unspecified atom stereocenters. The van der Waals surface area contributed by atoms with Crippen molar-refractivity contribution in [3.05, 3.63) is 48.3 Å². The lowest BCUT2D eigenvalue weighted by Crippen LogP contribution is -1.94. The number of rotatable bonds is 3. The Kier molecular flexibility index (Phi) is 3.81. The van der Waals surface area contributed by atoms with Crippen molar-refractivity contribution >= 4 is 17.4 Å². The zero-order chi connectivity index (χ0) is 13.1. The molecule has 0 saturated carbocycles. The van der Waals surface area contributed by atoms with Gasteiger partial charge >= 0.3 is 0 Å². The first-order chi connectivity index (χ1) is 8.58. The van der Waals surface area contributed by atoms with E-state index in [1.54, 1.807) is 36.4 Å². The SMILES string of the molecule is Nc1c(F)cccc1-c1ccc(SC(F)F)cc1. The monoisotopic (exact) mass is 269 g/mol. The van der Waals surface area contributed by atoms with Gasteiger partial charge in [0.05, 0.1) is 5.69 Å². The largest absolute Gasteiger partial charge is 0.396 e. The van der Waals surface area contributed by atoms with Crippen LogP contribution in [0.15, 0.2) is 47.4 Å². The molecule has 0 aliphatic carbocycles. The van der Waals surface area contributed by atoms with Crippen LogP contribution in [0, 0.1) is 5.82 Å². The number of benzene rings is 2. The van der Waals surface area contributed by atoms with E-state index in [-0.39, 0.29) is 5.69 Å². The zero-order valence-electron chi connectivity index (χ0n) is 9.24. The van der Waals surface area contributed by atoms with Gasteiger partial charge < -0.3 is 5.73 Å². The van der Waals surface area contributed by atoms with Gasteiger partial charge in [0.15, 0.2) is 0 Å². The Bertz CT molecular complexity index is 540. The number of hydrogen-bond acceptors (Lipinski definition) is 2. The number of nitrogen functional groups attached to an aromatic ring is 1. The molecule has 0 radical (unpaired) electrons. The predicted octanol–water partition coefficient (Wildman–Crippen LogP) is 4.39. The van der Waals surface area contributed by atoms with E-state index in [0.717, 1.165) is 0 Å². The van der Waals surface area contributed by atoms with Crippen LogP contribution >= 0.6 is 11.8 Å². The first-order valence-electron chi connectivity index (χ1n) is 5.17. The maximum absolute atomic E-state index is 13.3. The molecule has 2 aromatic carbocycles. The summed E-state index contributed by atoms with van der Waals surface area (Å²) in [5, 5.41) is 0. The number of nitrogens with two attached hydrogens (primary N) is 1. The van der Waals surface area contributed by atoms with Crippen molar-refractivity contribution in [2.75, 3.05) is 5.73 Å². The highest BCUT2D eigenvalue weighted by Gasteiger charge is 2.08. The van der Waals surface area contributed by atoms with Crippen LogP contribution in [0.1, 0.15) is 0 Å². The van der Waals surface area contributed by atoms with Gasteiger partial charge in [0.2, 0.25) is 0 Å². The number of hydrogen-bond donors (Lipinski definition) is 1. The van der Waals surface area contributed by atoms with E-state index in [0.29, 0.717) is 27.8 Å². The van der Waals surface area contributed by atoms with Crippen LogP contribution in [0.4, 0.5) is 18.9 Å². The van der Waals surface area contributed by atoms with Crippen LogP contribution in [-0.4, -0.2) is 5.76 Å². The third kappa shape index (κ3) is 2.79. The number of anilines is 1. The standard InChI is InChI=1S/C13H10F3NS/c14-11-3-1-2-10(12(11)17)8-4-6-9(7-5-8)18-13(15)16/h1-7,13H,17H2. The molecule has 0 aromatic heterocycles. The molecule has 2 rings (SSSR count). The van der Waals surface area contributed by atoms with E-state index < -0.39 is 11.6 Å². The lowest BCUT2D eigenvalue weighted by Gasteiger charge is -2.07. The zero-order valence-corrected chi connectivity index (χ0v) is 10.1. The molecular weight excluding hydrogens is 259 g/mol. The molecule has 0 spiro atoms. The Morgan fingerprint density at radius 3 is 2.28 bits per heavy atom. The van der Waals surface area contributed by atoms with Gasteiger partial charge in [-0.1, -0.05) is 36.0 Å². The van der Waals surface area contributed by atoms with Crippen LogP contribution in [-0.2, 0) is 0 Å². The van der Waals surface area contributed by atoms with Crippen LogP contribution in [0.2, 0.25) is 0 Å². The van der Waals surface area contributed by atoms with Crippen molar-refractivity contribution in [3.8, 4) is 11.1 Å². The van der Waals surface area contributed by atoms with Gasteiger partial charge in [0, 0.05) is 10.5 Å². The molecule has 0 bridgehead atoms. The second-order valence-corrected chi connectivity index (χ2v) is 4.67. The first-order valence-corrected chi connectivity index (χ1v) is 6.05. The van der Waals surface area contributed by atoms with Crippen LogP contribution in [0.3, 0.4) is 0 Å². The van der Waals surface area contributed by atoms with Gasteiger partial charge in [0.1, 0.15) is 5.82 Å². The summed E-state index contributed by atoms with van der Waals surface area (Å²) in [5.74, 6) is -2.94. The molecule has 0 saturated heterocycles. The molecular formula is C13H10F3NS. The molecule has 5 heteroatoms. The fraction of sp³-hybridized carbons (Fsp3) is 0.0769. The topological polar surface area (TPSA) is 26.0 Å². The van der Waals surface area contributed by atoms with E-state index in [2.05, 4.69) is 0 Å². The summed E-state index contributed by atoms with van der Waals surface area (Å²) in [7, 11) is 0. The molecule has 0 atom stereocenters. The molecule has 1 nitrogen and oxygen atoms in total. The fourth-order valence-corrected chi connectivity index (χ4v) is 2.10. The predicted molar refractivity (Wildman–Crippen MR) is 68.1 cm³/mol. The molecule has 0 aliphatic heterocycles. The minimum Gasteiger partial charge on any atom is -0.396 e. The van der Waals surface area contributed by atoms with Crippen molar-refractivity contribution < 1.29 is 13.2 Å². The highest BCUT2D eigenvalue weighted by atomic mass is 32.2. The van der Waals surface area contributed by atoms with E-state index >= 15 is 0 Å². The molecule has 0 heterocycles. The number of para-hydroxylation sites is 1. The molecule has 2 N–H and O–H groups in total. The summed E-state index contributed by atoms with van der Waals surface area (Å²) in [6, 6.07) is 11.0. The molecule has 18 heavy (non-hydrogen) atoms. The third-order valence-electron chi connectivity index (χ3n) is 2.44. The van der Waals surface area contributed by atoms with Gasteiger partial charge in [-0.15, -0.1) is 0 Å². The minimum absolute atomic E-state index is 0.0618. The fourth-order valence-electron chi connectivity index (χ4n) is 1.60. The lowest BCUT2D eigenvalue weighted by atomic mass is 10.0. The van der Waals surface area contributed by atoms with Gasteiger partial charge in [-0.2, -0.15) is 8.78 Å². The van der Waals surface area contributed by atoms with Crippen LogP contribution in [0.25, 0.3) is 11.1 Å². The third-order valence-corrected chi connectivity index (χ3v) is 3.17. The summed E-state index contributed by atoms with van der Waals surface area (Å²) in [6.07, 6.45) is 0. The highest BCUT2D eigenvalue weighted by molar-refractivity contribution is 7.99. The van der Waals surface area contributed by atoms with Gasteiger partial charge in [-0.3, -0.25) is 0 Å². The Morgan fingerprint density at radius 2 is 1.67 bits per heavy atom. The van der Waals surface area contributed by atoms with Crippen LogP contribution in [0.5, 0.6) is 0 Å². The highest BCUT2D eigenvalue weighted by Crippen LogP contribution is 2.31. The Balaban J connectivity index is 2.32. The average Bonchev–Trinajstić information content (AvgIpc) is 2.33. The summed E-state index contributed by atoms with van der Waals surface area (Å²) in [5.41, 5.74) is 6.95. The minimum atomic E-state index is -2.45. The molecule has 0 fully saturated rings. The van der Waals surface area contributed by atoms with E-state index in [1.165, 1.54) is 6.07 Å². The number of halogens is 3. The summed E-state index contributed by atoms with van der Waals surface area (Å²) >= 11 is 0.471. The maximum Gasteiger partial charge on any atom is 0.288 e. The Morgan fingerprint density at radius 1 is 1.00 bits per heavy atom. The molecule has 0 amide bonds. The normalized spacial score (nSPS) is 10.9. The summed E-state index contributed by atoms with van der Waals surface area (Å²) in [6.45, 7) is 0. The molecule has 2 aromatic rings. The Labute approximate surface area is 107 Å². The number of thioether (sulfide) groups is 1. The van der Waals surface area contributed by atoms with Crippen molar-refractivity contribution in [2.45, 2.75) is 10.7 Å². The van der Waals surface area contributed by atoms with Crippen molar-refractivity contribution in [1.82, 2.24) is 0 Å². The Hall–Kier alpha value is -1.62. The van der Waals surface area contributed by atoms with Crippen molar-refractivity contribution in [1.29, 1.82) is 0 Å². The van der Waals surface area contributed by atoms with E-state index in [4.69, 9.17) is 5.73 Å². The van der Waals surface area contributed by atoms with Crippen molar-refractivity contribution in [2.24, 2.45) is 0 Å². The maximum atomic E-state index is 13.3. The lowest BCUT2D eigenvalue weighted by molar-refractivity contribution is 0.252. The summed E-state index contributed by atoms with van der Waals surface area (Å²) in [4.78, 5) is 0.462. The first kappa shape index (κ1) is 12.8. The second kappa shape index (κ2) is 5.35. The van der Waals surface area contributed by atoms with Crippen LogP contribution < -0.4 is 5.73 Å². The molecule has 94 valence electrons. The quantitative estimate of drug-likeness (QED) is 0.660. The summed E-state index contributed by atoms with van der Waals surface area (Å²) < 4.78 is 37.6. The van der Waals surface area contributed by atoms with Gasteiger partial charge in [-0.25, -0.2) is 4.39 Å².